The number of hydrazine groups is 1. The number of ether oxygens (including phenoxy) is 2. The summed E-state index contributed by atoms with van der Waals surface area (Å²) in [6.45, 7) is 5.30. The van der Waals surface area contributed by atoms with Gasteiger partial charge in [-0.2, -0.15) is 5.01 Å². The van der Waals surface area contributed by atoms with Gasteiger partial charge in [0.25, 0.3) is 5.91 Å². The van der Waals surface area contributed by atoms with Crippen LogP contribution in [0, 0.1) is 0 Å². The molecular formula is C16H20N2O5. The fourth-order valence-corrected chi connectivity index (χ4v) is 2.72. The van der Waals surface area contributed by atoms with Crippen LogP contribution in [0.25, 0.3) is 0 Å². The summed E-state index contributed by atoms with van der Waals surface area (Å²) in [6.07, 6.45) is -1.33. The molecule has 1 aromatic rings. The van der Waals surface area contributed by atoms with Crippen molar-refractivity contribution in [3.8, 4) is 0 Å². The van der Waals surface area contributed by atoms with Gasteiger partial charge in [-0.3, -0.25) is 4.79 Å². The van der Waals surface area contributed by atoms with E-state index in [1.165, 1.54) is 0 Å². The first-order valence-corrected chi connectivity index (χ1v) is 7.58. The minimum atomic E-state index is -1.25. The molecule has 0 N–H and O–H groups in total. The van der Waals surface area contributed by atoms with E-state index in [1.807, 2.05) is 6.07 Å². The van der Waals surface area contributed by atoms with Crippen molar-refractivity contribution in [2.75, 3.05) is 13.2 Å². The van der Waals surface area contributed by atoms with E-state index in [2.05, 4.69) is 0 Å². The van der Waals surface area contributed by atoms with E-state index in [0.717, 1.165) is 5.01 Å². The van der Waals surface area contributed by atoms with Gasteiger partial charge in [0.15, 0.2) is 5.54 Å². The normalized spacial score (nSPS) is 20.0. The van der Waals surface area contributed by atoms with E-state index in [9.17, 15) is 14.4 Å². The summed E-state index contributed by atoms with van der Waals surface area (Å²) in [7, 11) is 0. The molecule has 23 heavy (non-hydrogen) atoms. The highest BCUT2D eigenvalue weighted by atomic mass is 16.6. The zero-order chi connectivity index (χ0) is 17.0. The molecule has 0 radical (unpaired) electrons. The van der Waals surface area contributed by atoms with Gasteiger partial charge in [0.1, 0.15) is 0 Å². The van der Waals surface area contributed by atoms with Crippen LogP contribution in [0.2, 0.25) is 0 Å². The van der Waals surface area contributed by atoms with E-state index < -0.39 is 23.6 Å². The summed E-state index contributed by atoms with van der Waals surface area (Å²) in [6, 6.07) is 8.85. The summed E-state index contributed by atoms with van der Waals surface area (Å²) < 4.78 is 9.88. The highest BCUT2D eigenvalue weighted by molar-refractivity contribution is 6.06. The second-order valence-corrected chi connectivity index (χ2v) is 4.91. The zero-order valence-corrected chi connectivity index (χ0v) is 13.4. The van der Waals surface area contributed by atoms with Gasteiger partial charge < -0.3 is 9.47 Å². The van der Waals surface area contributed by atoms with Crippen LogP contribution < -0.4 is 0 Å². The van der Waals surface area contributed by atoms with Crippen LogP contribution in [0.3, 0.4) is 0 Å². The van der Waals surface area contributed by atoms with E-state index in [4.69, 9.17) is 9.47 Å². The summed E-state index contributed by atoms with van der Waals surface area (Å²) in [5.41, 5.74) is -0.624. The number of hydrogen-bond donors (Lipinski definition) is 0. The lowest BCUT2D eigenvalue weighted by Crippen LogP contribution is -2.77. The van der Waals surface area contributed by atoms with Crippen LogP contribution in [0.5, 0.6) is 0 Å². The molecule has 1 atom stereocenters. The lowest BCUT2D eigenvalue weighted by atomic mass is 9.81. The van der Waals surface area contributed by atoms with Crippen LogP contribution >= 0.6 is 0 Å². The molecule has 1 heterocycles. The van der Waals surface area contributed by atoms with Gasteiger partial charge in [0.05, 0.1) is 13.2 Å². The molecule has 0 aromatic heterocycles. The van der Waals surface area contributed by atoms with Crippen LogP contribution in [0.4, 0.5) is 9.59 Å². The Labute approximate surface area is 134 Å². The Morgan fingerprint density at radius 1 is 1.00 bits per heavy atom. The van der Waals surface area contributed by atoms with E-state index in [0.29, 0.717) is 17.0 Å². The lowest BCUT2D eigenvalue weighted by molar-refractivity contribution is -0.203. The first kappa shape index (κ1) is 16.8. The van der Waals surface area contributed by atoms with Gasteiger partial charge in [-0.1, -0.05) is 37.3 Å². The maximum atomic E-state index is 12.7. The fraction of sp³-hybridized carbons (Fsp3) is 0.438. The fourth-order valence-electron chi connectivity index (χ4n) is 2.72. The Bertz CT molecular complexity index is 604. The van der Waals surface area contributed by atoms with Crippen molar-refractivity contribution in [1.29, 1.82) is 0 Å². The van der Waals surface area contributed by atoms with Crippen LogP contribution in [-0.2, 0) is 19.8 Å². The maximum Gasteiger partial charge on any atom is 0.436 e. The third-order valence-corrected chi connectivity index (χ3v) is 3.75. The number of benzene rings is 1. The zero-order valence-electron chi connectivity index (χ0n) is 13.4. The second-order valence-electron chi connectivity index (χ2n) is 4.91. The Kier molecular flexibility index (Phi) is 4.88. The number of imide groups is 1. The predicted octanol–water partition coefficient (Wildman–Crippen LogP) is 2.66. The molecule has 2 rings (SSSR count). The second kappa shape index (κ2) is 6.68. The third kappa shape index (κ3) is 2.52. The molecule has 1 saturated heterocycles. The molecule has 1 aliphatic heterocycles. The molecule has 7 nitrogen and oxygen atoms in total. The first-order valence-electron chi connectivity index (χ1n) is 7.58. The summed E-state index contributed by atoms with van der Waals surface area (Å²) >= 11 is 0. The molecule has 0 saturated carbocycles. The van der Waals surface area contributed by atoms with Crippen LogP contribution in [0.15, 0.2) is 30.3 Å². The molecule has 124 valence electrons. The number of hydrogen-bond acceptors (Lipinski definition) is 5. The average Bonchev–Trinajstić information content (AvgIpc) is 2.54. The molecule has 3 amide bonds. The Morgan fingerprint density at radius 3 is 2.09 bits per heavy atom. The summed E-state index contributed by atoms with van der Waals surface area (Å²) in [5.74, 6) is -0.502. The van der Waals surface area contributed by atoms with Gasteiger partial charge in [-0.15, -0.1) is 5.01 Å². The smallest absolute Gasteiger partial charge is 0.436 e. The molecule has 1 fully saturated rings. The van der Waals surface area contributed by atoms with Gasteiger partial charge in [-0.25, -0.2) is 9.59 Å². The van der Waals surface area contributed by atoms with Gasteiger partial charge in [0, 0.05) is 0 Å². The number of rotatable bonds is 4. The van der Waals surface area contributed by atoms with Crippen LogP contribution in [0.1, 0.15) is 32.8 Å². The van der Waals surface area contributed by atoms with Crippen molar-refractivity contribution >= 4 is 18.1 Å². The Hall–Kier alpha value is -2.57. The van der Waals surface area contributed by atoms with Gasteiger partial charge >= 0.3 is 12.2 Å². The number of nitrogens with zero attached hydrogens (tertiary/aromatic N) is 2. The monoisotopic (exact) mass is 320 g/mol. The summed E-state index contributed by atoms with van der Waals surface area (Å²) in [4.78, 5) is 37.1. The maximum absolute atomic E-state index is 12.7. The first-order chi connectivity index (χ1) is 11.0. The molecule has 1 aliphatic rings. The molecule has 1 aromatic carbocycles. The molecule has 0 spiro atoms. The Balaban J connectivity index is 2.46. The Morgan fingerprint density at radius 2 is 1.57 bits per heavy atom. The molecular weight excluding hydrogens is 300 g/mol. The van der Waals surface area contributed by atoms with Crippen molar-refractivity contribution in [2.45, 2.75) is 32.7 Å². The molecule has 0 bridgehead atoms. The topological polar surface area (TPSA) is 76.2 Å². The van der Waals surface area contributed by atoms with Gasteiger partial charge in [0.2, 0.25) is 0 Å². The van der Waals surface area contributed by atoms with Crippen LogP contribution in [-0.4, -0.2) is 41.3 Å². The third-order valence-electron chi connectivity index (χ3n) is 3.75. The van der Waals surface area contributed by atoms with Crippen molar-refractivity contribution in [3.05, 3.63) is 35.9 Å². The SMILES string of the molecule is CCOC(=O)N1C(=O)[C@](CC)(c2ccccc2)N1C(=O)OCC. The minimum Gasteiger partial charge on any atom is -0.448 e. The number of amides is 3. The van der Waals surface area contributed by atoms with Crippen molar-refractivity contribution in [1.82, 2.24) is 10.0 Å². The molecule has 0 aliphatic carbocycles. The van der Waals surface area contributed by atoms with E-state index in [1.54, 1.807) is 45.0 Å². The molecule has 0 unspecified atom stereocenters. The largest absolute Gasteiger partial charge is 0.448 e. The standard InChI is InChI=1S/C16H20N2O5/c1-4-16(12-10-8-7-9-11-12)13(19)17(14(20)22-5-2)18(16)15(21)23-6-3/h7-11H,4-6H2,1-3H3/t16-/m0/s1. The quantitative estimate of drug-likeness (QED) is 0.852. The van der Waals surface area contributed by atoms with Crippen molar-refractivity contribution in [2.24, 2.45) is 0 Å². The average molecular weight is 320 g/mol. The molecule has 7 heteroatoms. The minimum absolute atomic E-state index is 0.101. The highest BCUT2D eigenvalue weighted by Gasteiger charge is 2.65. The van der Waals surface area contributed by atoms with E-state index in [-0.39, 0.29) is 13.2 Å². The predicted molar refractivity (Wildman–Crippen MR) is 81.1 cm³/mol. The van der Waals surface area contributed by atoms with Crippen molar-refractivity contribution in [3.63, 3.8) is 0 Å². The van der Waals surface area contributed by atoms with Crippen molar-refractivity contribution < 1.29 is 23.9 Å². The number of carbonyl (C=O) groups is 3. The number of carbonyl (C=O) groups excluding carboxylic acids is 3. The lowest BCUT2D eigenvalue weighted by Gasteiger charge is -2.54. The van der Waals surface area contributed by atoms with Gasteiger partial charge in [-0.05, 0) is 25.8 Å². The summed E-state index contributed by atoms with van der Waals surface area (Å²) in [5, 5.41) is 1.75. The highest BCUT2D eigenvalue weighted by Crippen LogP contribution is 2.44. The van der Waals surface area contributed by atoms with E-state index >= 15 is 0 Å².